The predicted octanol–water partition coefficient (Wildman–Crippen LogP) is -0.482. The van der Waals surface area contributed by atoms with Gasteiger partial charge < -0.3 is 14.9 Å². The van der Waals surface area contributed by atoms with E-state index in [0.29, 0.717) is 37.0 Å². The molecule has 0 radical (unpaired) electrons. The number of aromatic amines is 1. The average Bonchev–Trinajstić information content (AvgIpc) is 3.10. The summed E-state index contributed by atoms with van der Waals surface area (Å²) in [5, 5.41) is 31.8. The molecule has 0 aliphatic carbocycles. The number of rotatable bonds is 2. The van der Waals surface area contributed by atoms with Crippen LogP contribution in [0.2, 0.25) is 0 Å². The highest BCUT2D eigenvalue weighted by molar-refractivity contribution is 7.18. The van der Waals surface area contributed by atoms with E-state index in [1.807, 2.05) is 4.90 Å². The van der Waals surface area contributed by atoms with Gasteiger partial charge in [0.1, 0.15) is 0 Å². The van der Waals surface area contributed by atoms with Crippen molar-refractivity contribution >= 4 is 22.6 Å². The van der Waals surface area contributed by atoms with Crippen LogP contribution in [-0.2, 0) is 0 Å². The fourth-order valence-corrected chi connectivity index (χ4v) is 2.60. The fourth-order valence-electron chi connectivity index (χ4n) is 1.78. The first-order valence-corrected chi connectivity index (χ1v) is 6.36. The molecule has 0 saturated carbocycles. The molecular weight excluding hydrogens is 272 g/mol. The van der Waals surface area contributed by atoms with Gasteiger partial charge in [0.15, 0.2) is 5.01 Å². The van der Waals surface area contributed by atoms with Crippen molar-refractivity contribution in [3.05, 3.63) is 0 Å². The minimum absolute atomic E-state index is 0.410. The Morgan fingerprint density at radius 2 is 2.00 bits per heavy atom. The number of carboxylic acid groups (broad SMARTS) is 1. The predicted molar refractivity (Wildman–Crippen MR) is 64.9 cm³/mol. The summed E-state index contributed by atoms with van der Waals surface area (Å²) < 4.78 is 0. The molecule has 1 saturated heterocycles. The number of nitrogens with zero attached hydrogens (tertiary/aromatic N) is 7. The third kappa shape index (κ3) is 2.31. The molecule has 19 heavy (non-hydrogen) atoms. The van der Waals surface area contributed by atoms with E-state index in [-0.39, 0.29) is 0 Å². The first-order valence-electron chi connectivity index (χ1n) is 5.54. The fraction of sp³-hybridized carbons (Fsp3) is 0.500. The SMILES string of the molecule is O=C(O)N1CCN(c2nnc(-c3nn[nH]n3)s2)CC1. The zero-order valence-electron chi connectivity index (χ0n) is 9.72. The number of anilines is 1. The lowest BCUT2D eigenvalue weighted by Gasteiger charge is -2.32. The van der Waals surface area contributed by atoms with E-state index < -0.39 is 6.09 Å². The van der Waals surface area contributed by atoms with Crippen LogP contribution in [0.25, 0.3) is 10.8 Å². The maximum Gasteiger partial charge on any atom is 0.407 e. The molecule has 2 N–H and O–H groups in total. The summed E-state index contributed by atoms with van der Waals surface area (Å²) in [4.78, 5) is 14.2. The zero-order chi connectivity index (χ0) is 13.2. The lowest BCUT2D eigenvalue weighted by molar-refractivity contribution is 0.142. The average molecular weight is 282 g/mol. The molecule has 11 heteroatoms. The van der Waals surface area contributed by atoms with Gasteiger partial charge in [-0.25, -0.2) is 4.79 Å². The molecule has 2 aromatic heterocycles. The lowest BCUT2D eigenvalue weighted by Crippen LogP contribution is -2.48. The topological polar surface area (TPSA) is 124 Å². The Bertz CT molecular complexity index is 561. The van der Waals surface area contributed by atoms with Crippen LogP contribution >= 0.6 is 11.3 Å². The maximum absolute atomic E-state index is 10.8. The molecule has 0 aromatic carbocycles. The van der Waals surface area contributed by atoms with Gasteiger partial charge in [0, 0.05) is 26.2 Å². The molecule has 0 spiro atoms. The Balaban J connectivity index is 1.69. The summed E-state index contributed by atoms with van der Waals surface area (Å²) in [6, 6.07) is 0. The summed E-state index contributed by atoms with van der Waals surface area (Å²) in [5.41, 5.74) is 0. The van der Waals surface area contributed by atoms with Crippen LogP contribution in [-0.4, -0.2) is 73.1 Å². The van der Waals surface area contributed by atoms with Crippen molar-refractivity contribution in [1.29, 1.82) is 0 Å². The van der Waals surface area contributed by atoms with Crippen molar-refractivity contribution < 1.29 is 9.90 Å². The monoisotopic (exact) mass is 282 g/mol. The molecule has 2 aromatic rings. The second kappa shape index (κ2) is 4.76. The smallest absolute Gasteiger partial charge is 0.407 e. The van der Waals surface area contributed by atoms with Crippen LogP contribution in [0.15, 0.2) is 0 Å². The number of carbonyl (C=O) groups is 1. The van der Waals surface area contributed by atoms with Gasteiger partial charge in [0.2, 0.25) is 11.0 Å². The molecule has 3 heterocycles. The molecule has 0 bridgehead atoms. The second-order valence-electron chi connectivity index (χ2n) is 3.88. The summed E-state index contributed by atoms with van der Waals surface area (Å²) in [6.07, 6.45) is -0.885. The number of amides is 1. The number of piperazine rings is 1. The maximum atomic E-state index is 10.8. The van der Waals surface area contributed by atoms with Gasteiger partial charge >= 0.3 is 6.09 Å². The van der Waals surface area contributed by atoms with E-state index >= 15 is 0 Å². The minimum Gasteiger partial charge on any atom is -0.465 e. The first-order chi connectivity index (χ1) is 9.24. The van der Waals surface area contributed by atoms with Crippen LogP contribution < -0.4 is 4.90 Å². The van der Waals surface area contributed by atoms with Crippen LogP contribution in [0.3, 0.4) is 0 Å². The number of hydrogen-bond acceptors (Lipinski definition) is 8. The molecule has 0 unspecified atom stereocenters. The Labute approximate surface area is 111 Å². The normalized spacial score (nSPS) is 15.8. The number of hydrogen-bond donors (Lipinski definition) is 2. The molecule has 3 rings (SSSR count). The van der Waals surface area contributed by atoms with Crippen molar-refractivity contribution in [2.45, 2.75) is 0 Å². The third-order valence-electron chi connectivity index (χ3n) is 2.77. The van der Waals surface area contributed by atoms with Gasteiger partial charge in [0.05, 0.1) is 0 Å². The quantitative estimate of drug-likeness (QED) is 0.756. The van der Waals surface area contributed by atoms with Crippen molar-refractivity contribution in [3.8, 4) is 10.8 Å². The van der Waals surface area contributed by atoms with E-state index in [4.69, 9.17) is 5.11 Å². The van der Waals surface area contributed by atoms with Gasteiger partial charge in [-0.1, -0.05) is 11.3 Å². The lowest BCUT2D eigenvalue weighted by atomic mass is 10.3. The van der Waals surface area contributed by atoms with E-state index in [1.165, 1.54) is 16.2 Å². The van der Waals surface area contributed by atoms with Crippen molar-refractivity contribution in [2.75, 3.05) is 31.1 Å². The Morgan fingerprint density at radius 1 is 1.21 bits per heavy atom. The highest BCUT2D eigenvalue weighted by Crippen LogP contribution is 2.26. The van der Waals surface area contributed by atoms with Gasteiger partial charge in [-0.15, -0.1) is 20.4 Å². The third-order valence-corrected chi connectivity index (χ3v) is 3.75. The molecule has 0 atom stereocenters. The van der Waals surface area contributed by atoms with Crippen LogP contribution in [0.4, 0.5) is 9.93 Å². The van der Waals surface area contributed by atoms with Crippen LogP contribution in [0, 0.1) is 0 Å². The Morgan fingerprint density at radius 3 is 2.63 bits per heavy atom. The minimum atomic E-state index is -0.885. The first kappa shape index (κ1) is 11.8. The van der Waals surface area contributed by atoms with Crippen LogP contribution in [0.1, 0.15) is 0 Å². The number of aromatic nitrogens is 6. The number of nitrogens with one attached hydrogen (secondary N) is 1. The molecule has 1 amide bonds. The zero-order valence-corrected chi connectivity index (χ0v) is 10.5. The molecule has 1 fully saturated rings. The summed E-state index contributed by atoms with van der Waals surface area (Å²) in [6.45, 7) is 2.14. The molecule has 1 aliphatic rings. The van der Waals surface area contributed by atoms with Crippen molar-refractivity contribution in [1.82, 2.24) is 35.7 Å². The number of tetrazole rings is 1. The Kier molecular flexibility index (Phi) is 2.95. The van der Waals surface area contributed by atoms with Gasteiger partial charge in [-0.2, -0.15) is 5.21 Å². The molecule has 100 valence electrons. The second-order valence-corrected chi connectivity index (χ2v) is 4.84. The highest BCUT2D eigenvalue weighted by Gasteiger charge is 2.23. The largest absolute Gasteiger partial charge is 0.465 e. The summed E-state index contributed by atoms with van der Waals surface area (Å²) in [7, 11) is 0. The summed E-state index contributed by atoms with van der Waals surface area (Å²) >= 11 is 1.36. The van der Waals surface area contributed by atoms with Crippen molar-refractivity contribution in [3.63, 3.8) is 0 Å². The molecule has 10 nitrogen and oxygen atoms in total. The van der Waals surface area contributed by atoms with Gasteiger partial charge in [-0.05, 0) is 5.21 Å². The summed E-state index contributed by atoms with van der Waals surface area (Å²) in [5.74, 6) is 0.410. The van der Waals surface area contributed by atoms with E-state index in [2.05, 4.69) is 30.8 Å². The van der Waals surface area contributed by atoms with Crippen molar-refractivity contribution in [2.24, 2.45) is 0 Å². The molecular formula is C8H10N8O2S. The van der Waals surface area contributed by atoms with Gasteiger partial charge in [0.25, 0.3) is 0 Å². The van der Waals surface area contributed by atoms with E-state index in [9.17, 15) is 4.79 Å². The Hall–Kier alpha value is -2.30. The van der Waals surface area contributed by atoms with E-state index in [0.717, 1.165) is 5.13 Å². The van der Waals surface area contributed by atoms with Crippen LogP contribution in [0.5, 0.6) is 0 Å². The standard InChI is InChI=1S/C8H10N8O2S/c17-8(18)16-3-1-15(2-4-16)7-12-11-6(19-7)5-9-13-14-10-5/h1-4H2,(H,17,18)(H,9,10,13,14). The number of H-pyrrole nitrogens is 1. The van der Waals surface area contributed by atoms with Gasteiger partial charge in [-0.3, -0.25) is 0 Å². The molecule has 1 aliphatic heterocycles. The highest BCUT2D eigenvalue weighted by atomic mass is 32.1. The van der Waals surface area contributed by atoms with E-state index in [1.54, 1.807) is 0 Å².